The number of aliphatic imine (C=N–C) groups is 1. The van der Waals surface area contributed by atoms with Gasteiger partial charge < -0.3 is 15.5 Å². The van der Waals surface area contributed by atoms with Gasteiger partial charge in [-0.05, 0) is 24.1 Å². The van der Waals surface area contributed by atoms with E-state index in [0.717, 1.165) is 31.9 Å². The van der Waals surface area contributed by atoms with Gasteiger partial charge in [-0.15, -0.1) is 0 Å². The van der Waals surface area contributed by atoms with Crippen molar-refractivity contribution < 1.29 is 4.79 Å². The Labute approximate surface area is 112 Å². The largest absolute Gasteiger partial charge is 0.352 e. The first kappa shape index (κ1) is 12.2. The minimum Gasteiger partial charge on any atom is -0.352 e. The number of amidine groups is 1. The molecule has 2 N–H and O–H groups in total. The first-order valence-corrected chi connectivity index (χ1v) is 6.69. The highest BCUT2D eigenvalue weighted by atomic mass is 16.1. The summed E-state index contributed by atoms with van der Waals surface area (Å²) < 4.78 is 0. The molecule has 3 rings (SSSR count). The highest BCUT2D eigenvalue weighted by Crippen LogP contribution is 2.12. The molecule has 1 fully saturated rings. The Bertz CT molecular complexity index is 490. The lowest BCUT2D eigenvalue weighted by molar-refractivity contribution is -0.119. The highest BCUT2D eigenvalue weighted by molar-refractivity contribution is 5.96. The standard InChI is InChI=1S/C14H18N4O/c19-14-5-3-12(17-14)9-15-8-11-2-4-13-16-6-1-7-18(13)10-11/h1-2,4,6,10,12,15H,3,5,7-9H2,(H,17,19)/t12-/m0/s1. The van der Waals surface area contributed by atoms with Gasteiger partial charge in [0.2, 0.25) is 5.91 Å². The smallest absolute Gasteiger partial charge is 0.220 e. The summed E-state index contributed by atoms with van der Waals surface area (Å²) in [6.45, 7) is 2.53. The van der Waals surface area contributed by atoms with E-state index in [0.29, 0.717) is 6.42 Å². The second-order valence-electron chi connectivity index (χ2n) is 5.00. The molecular formula is C14H18N4O. The van der Waals surface area contributed by atoms with Gasteiger partial charge in [-0.2, -0.15) is 0 Å². The third-order valence-corrected chi connectivity index (χ3v) is 3.48. The molecule has 1 atom stereocenters. The van der Waals surface area contributed by atoms with E-state index in [9.17, 15) is 4.79 Å². The van der Waals surface area contributed by atoms with Gasteiger partial charge in [-0.3, -0.25) is 4.79 Å². The van der Waals surface area contributed by atoms with Crippen LogP contribution in [-0.2, 0) is 4.79 Å². The van der Waals surface area contributed by atoms with Crippen LogP contribution in [0.25, 0.3) is 0 Å². The molecule has 0 aliphatic carbocycles. The third kappa shape index (κ3) is 2.93. The van der Waals surface area contributed by atoms with Gasteiger partial charge in [0, 0.05) is 44.5 Å². The minimum atomic E-state index is 0.171. The second-order valence-corrected chi connectivity index (χ2v) is 5.00. The third-order valence-electron chi connectivity index (χ3n) is 3.48. The predicted octanol–water partition coefficient (Wildman–Crippen LogP) is 0.536. The van der Waals surface area contributed by atoms with Crippen LogP contribution in [0.2, 0.25) is 0 Å². The maximum atomic E-state index is 11.1. The number of hydrogen-bond acceptors (Lipinski definition) is 4. The van der Waals surface area contributed by atoms with Crippen LogP contribution in [0.5, 0.6) is 0 Å². The Balaban J connectivity index is 1.47. The molecule has 19 heavy (non-hydrogen) atoms. The zero-order chi connectivity index (χ0) is 13.1. The topological polar surface area (TPSA) is 56.7 Å². The fourth-order valence-corrected chi connectivity index (χ4v) is 2.47. The van der Waals surface area contributed by atoms with E-state index in [1.165, 1.54) is 5.57 Å². The number of hydrogen-bond donors (Lipinski definition) is 2. The number of fused-ring (bicyclic) bond motifs is 1. The van der Waals surface area contributed by atoms with Gasteiger partial charge in [0.1, 0.15) is 5.84 Å². The number of nitrogens with one attached hydrogen (secondary N) is 2. The molecule has 1 saturated heterocycles. The summed E-state index contributed by atoms with van der Waals surface area (Å²) in [5, 5.41) is 6.35. The Hall–Kier alpha value is -1.88. The van der Waals surface area contributed by atoms with Crippen LogP contribution in [0.1, 0.15) is 12.8 Å². The van der Waals surface area contributed by atoms with E-state index >= 15 is 0 Å². The number of carbonyl (C=O) groups is 1. The Morgan fingerprint density at radius 3 is 3.26 bits per heavy atom. The number of rotatable bonds is 4. The van der Waals surface area contributed by atoms with Crippen LogP contribution < -0.4 is 10.6 Å². The zero-order valence-corrected chi connectivity index (χ0v) is 10.8. The van der Waals surface area contributed by atoms with E-state index in [2.05, 4.69) is 32.8 Å². The molecule has 0 aromatic heterocycles. The minimum absolute atomic E-state index is 0.171. The zero-order valence-electron chi connectivity index (χ0n) is 10.8. The van der Waals surface area contributed by atoms with E-state index in [1.54, 1.807) is 0 Å². The molecule has 100 valence electrons. The van der Waals surface area contributed by atoms with Crippen LogP contribution in [0.15, 0.2) is 41.2 Å². The van der Waals surface area contributed by atoms with Crippen molar-refractivity contribution in [3.05, 3.63) is 36.2 Å². The van der Waals surface area contributed by atoms with Crippen LogP contribution in [-0.4, -0.2) is 42.3 Å². The van der Waals surface area contributed by atoms with Crippen molar-refractivity contribution in [1.82, 2.24) is 15.5 Å². The molecule has 5 nitrogen and oxygen atoms in total. The van der Waals surface area contributed by atoms with E-state index in [1.807, 2.05) is 18.4 Å². The van der Waals surface area contributed by atoms with Crippen molar-refractivity contribution >= 4 is 11.7 Å². The molecule has 0 radical (unpaired) electrons. The van der Waals surface area contributed by atoms with Gasteiger partial charge in [-0.1, -0.05) is 6.08 Å². The fourth-order valence-electron chi connectivity index (χ4n) is 2.47. The molecular weight excluding hydrogens is 240 g/mol. The maximum Gasteiger partial charge on any atom is 0.220 e. The number of nitrogens with zero attached hydrogens (tertiary/aromatic N) is 2. The van der Waals surface area contributed by atoms with Crippen molar-refractivity contribution in [2.45, 2.75) is 18.9 Å². The quantitative estimate of drug-likeness (QED) is 0.773. The van der Waals surface area contributed by atoms with Crippen LogP contribution in [0.4, 0.5) is 0 Å². The highest BCUT2D eigenvalue weighted by Gasteiger charge is 2.20. The van der Waals surface area contributed by atoms with Crippen molar-refractivity contribution in [3.8, 4) is 0 Å². The Morgan fingerprint density at radius 2 is 2.42 bits per heavy atom. The van der Waals surface area contributed by atoms with Crippen molar-refractivity contribution in [2.75, 3.05) is 19.6 Å². The lowest BCUT2D eigenvalue weighted by Crippen LogP contribution is -2.37. The molecule has 5 heteroatoms. The van der Waals surface area contributed by atoms with Crippen LogP contribution >= 0.6 is 0 Å². The van der Waals surface area contributed by atoms with Crippen LogP contribution in [0.3, 0.4) is 0 Å². The summed E-state index contributed by atoms with van der Waals surface area (Å²) in [4.78, 5) is 17.5. The van der Waals surface area contributed by atoms with Gasteiger partial charge in [-0.25, -0.2) is 4.99 Å². The second kappa shape index (κ2) is 5.40. The Morgan fingerprint density at radius 1 is 1.47 bits per heavy atom. The van der Waals surface area contributed by atoms with Crippen LogP contribution in [0, 0.1) is 0 Å². The molecule has 3 heterocycles. The summed E-state index contributed by atoms with van der Waals surface area (Å²) in [7, 11) is 0. The normalized spacial score (nSPS) is 24.9. The first-order chi connectivity index (χ1) is 9.31. The monoisotopic (exact) mass is 258 g/mol. The lowest BCUT2D eigenvalue weighted by Gasteiger charge is -2.25. The molecule has 0 saturated carbocycles. The van der Waals surface area contributed by atoms with Crippen molar-refractivity contribution in [3.63, 3.8) is 0 Å². The number of amides is 1. The van der Waals surface area contributed by atoms with Crippen molar-refractivity contribution in [2.24, 2.45) is 4.99 Å². The Kier molecular flexibility index (Phi) is 3.46. The molecule has 0 aromatic carbocycles. The fraction of sp³-hybridized carbons (Fsp3) is 0.429. The lowest BCUT2D eigenvalue weighted by atomic mass is 10.1. The summed E-state index contributed by atoms with van der Waals surface area (Å²) in [6, 6.07) is 0.288. The van der Waals surface area contributed by atoms with Crippen molar-refractivity contribution in [1.29, 1.82) is 0 Å². The number of carbonyl (C=O) groups excluding carboxylic acids is 1. The van der Waals surface area contributed by atoms with E-state index in [4.69, 9.17) is 0 Å². The maximum absolute atomic E-state index is 11.1. The summed E-state index contributed by atoms with van der Waals surface area (Å²) >= 11 is 0. The molecule has 0 spiro atoms. The molecule has 1 amide bonds. The predicted molar refractivity (Wildman–Crippen MR) is 74.5 cm³/mol. The molecule has 3 aliphatic heterocycles. The molecule has 0 aromatic rings. The molecule has 0 bridgehead atoms. The molecule has 3 aliphatic rings. The van der Waals surface area contributed by atoms with Gasteiger partial charge in [0.15, 0.2) is 0 Å². The summed E-state index contributed by atoms with van der Waals surface area (Å²) in [5.41, 5.74) is 1.23. The van der Waals surface area contributed by atoms with Gasteiger partial charge in [0.05, 0.1) is 0 Å². The first-order valence-electron chi connectivity index (χ1n) is 6.69. The van der Waals surface area contributed by atoms with Gasteiger partial charge >= 0.3 is 0 Å². The van der Waals surface area contributed by atoms with E-state index in [-0.39, 0.29) is 11.9 Å². The summed E-state index contributed by atoms with van der Waals surface area (Å²) in [6.07, 6.45) is 11.7. The van der Waals surface area contributed by atoms with Gasteiger partial charge in [0.25, 0.3) is 0 Å². The SMILES string of the molecule is O=C1CC[C@@H](CNCC2=CN3CC=CN=C3C=C2)N1. The average Bonchev–Trinajstić information content (AvgIpc) is 2.84. The average molecular weight is 258 g/mol. The van der Waals surface area contributed by atoms with E-state index < -0.39 is 0 Å². The molecule has 0 unspecified atom stereocenters. The summed E-state index contributed by atoms with van der Waals surface area (Å²) in [5.74, 6) is 1.17.